The molecule has 0 aliphatic heterocycles. The molecule has 0 aliphatic rings. The number of nitrogens with zero attached hydrogens (tertiary/aromatic N) is 2. The van der Waals surface area contributed by atoms with E-state index in [0.717, 1.165) is 9.87 Å². The van der Waals surface area contributed by atoms with Crippen molar-refractivity contribution in [3.63, 3.8) is 0 Å². The van der Waals surface area contributed by atoms with Crippen LogP contribution in [0.5, 0.6) is 11.5 Å². The highest BCUT2D eigenvalue weighted by Gasteiger charge is 2.34. The Labute approximate surface area is 259 Å². The largest absolute Gasteiger partial charge is 0.493 e. The number of carbonyl (C=O) groups is 2. The zero-order valence-corrected chi connectivity index (χ0v) is 27.0. The Hall–Kier alpha value is -3.76. The van der Waals surface area contributed by atoms with E-state index in [1.807, 2.05) is 27.7 Å². The van der Waals surface area contributed by atoms with Crippen molar-refractivity contribution in [3.05, 3.63) is 82.9 Å². The van der Waals surface area contributed by atoms with Crippen LogP contribution in [0.3, 0.4) is 0 Å². The predicted molar refractivity (Wildman–Crippen MR) is 169 cm³/mol. The number of benzene rings is 3. The van der Waals surface area contributed by atoms with Crippen LogP contribution in [-0.2, 0) is 26.2 Å². The van der Waals surface area contributed by atoms with E-state index in [2.05, 4.69) is 5.32 Å². The second-order valence-electron chi connectivity index (χ2n) is 10.2. The number of sulfonamides is 1. The maximum atomic E-state index is 14.2. The van der Waals surface area contributed by atoms with E-state index in [9.17, 15) is 18.0 Å². The molecule has 1 N–H and O–H groups in total. The molecule has 3 aromatic rings. The summed E-state index contributed by atoms with van der Waals surface area (Å²) in [6.07, 6.45) is 1.02. The Morgan fingerprint density at radius 1 is 0.930 bits per heavy atom. The number of rotatable bonds is 14. The molecule has 0 heterocycles. The molecule has 2 amide bonds. The number of carbonyl (C=O) groups excluding carboxylic acids is 2. The first-order valence-corrected chi connectivity index (χ1v) is 15.9. The maximum Gasteiger partial charge on any atom is 0.264 e. The Bertz CT molecular complexity index is 1510. The summed E-state index contributed by atoms with van der Waals surface area (Å²) >= 11 is 6.46. The number of aryl methyl sites for hydroxylation is 1. The van der Waals surface area contributed by atoms with E-state index in [0.29, 0.717) is 34.9 Å². The molecule has 0 aliphatic carbocycles. The first-order chi connectivity index (χ1) is 20.5. The fraction of sp³-hybridized carbons (Fsp3) is 0.375. The lowest BCUT2D eigenvalue weighted by molar-refractivity contribution is -0.140. The number of hydrogen-bond donors (Lipinski definition) is 1. The second-order valence-corrected chi connectivity index (χ2v) is 12.5. The average molecular weight is 630 g/mol. The van der Waals surface area contributed by atoms with Gasteiger partial charge in [-0.05, 0) is 62.6 Å². The van der Waals surface area contributed by atoms with Gasteiger partial charge >= 0.3 is 0 Å². The lowest BCUT2D eigenvalue weighted by atomic mass is 10.1. The van der Waals surface area contributed by atoms with Gasteiger partial charge in [-0.15, -0.1) is 0 Å². The van der Waals surface area contributed by atoms with Gasteiger partial charge in [0.25, 0.3) is 10.0 Å². The van der Waals surface area contributed by atoms with Crippen molar-refractivity contribution in [1.82, 2.24) is 10.2 Å². The fourth-order valence-corrected chi connectivity index (χ4v) is 6.14. The van der Waals surface area contributed by atoms with Gasteiger partial charge in [0.15, 0.2) is 11.5 Å². The summed E-state index contributed by atoms with van der Waals surface area (Å²) in [5, 5.41) is 3.40. The highest BCUT2D eigenvalue weighted by Crippen LogP contribution is 2.32. The Kier molecular flexibility index (Phi) is 11.9. The van der Waals surface area contributed by atoms with Gasteiger partial charge in [0.2, 0.25) is 11.8 Å². The number of halogens is 1. The number of anilines is 1. The van der Waals surface area contributed by atoms with Crippen LogP contribution in [0.4, 0.5) is 5.69 Å². The number of hydrogen-bond acceptors (Lipinski definition) is 6. The molecule has 3 rings (SSSR count). The standard InChI is InChI=1S/C32H40ClN3O6S/c1-7-23(4)34-32(38)28(8-2)35(20-24-11-9-10-12-27(24)33)31(37)21-36(25-15-13-22(3)14-16-25)43(39,40)26-17-18-29(41-5)30(19-26)42-6/h9-19,23,28H,7-8,20-21H2,1-6H3,(H,34,38). The van der Waals surface area contributed by atoms with Crippen molar-refractivity contribution in [1.29, 1.82) is 0 Å². The molecule has 3 aromatic carbocycles. The molecule has 9 nitrogen and oxygen atoms in total. The molecule has 11 heteroatoms. The van der Waals surface area contributed by atoms with Gasteiger partial charge in [0.05, 0.1) is 24.8 Å². The molecule has 0 aromatic heterocycles. The first kappa shape index (κ1) is 33.7. The van der Waals surface area contributed by atoms with Crippen LogP contribution < -0.4 is 19.1 Å². The number of methoxy groups -OCH3 is 2. The molecule has 43 heavy (non-hydrogen) atoms. The van der Waals surface area contributed by atoms with E-state index < -0.39 is 28.5 Å². The summed E-state index contributed by atoms with van der Waals surface area (Å²) in [7, 11) is -1.42. The maximum absolute atomic E-state index is 14.2. The van der Waals surface area contributed by atoms with Crippen molar-refractivity contribution in [2.75, 3.05) is 25.1 Å². The molecule has 0 saturated heterocycles. The molecule has 2 unspecified atom stereocenters. The predicted octanol–water partition coefficient (Wildman–Crippen LogP) is 5.58. The fourth-order valence-electron chi connectivity index (χ4n) is 4.51. The van der Waals surface area contributed by atoms with Crippen LogP contribution in [0, 0.1) is 6.92 Å². The van der Waals surface area contributed by atoms with Gasteiger partial charge in [-0.2, -0.15) is 0 Å². The van der Waals surface area contributed by atoms with Crippen LogP contribution >= 0.6 is 11.6 Å². The third-order valence-corrected chi connectivity index (χ3v) is 9.37. The molecule has 0 radical (unpaired) electrons. The number of amides is 2. The normalized spacial score (nSPS) is 12.6. The molecule has 0 bridgehead atoms. The van der Waals surface area contributed by atoms with Gasteiger partial charge in [0, 0.05) is 23.7 Å². The lowest BCUT2D eigenvalue weighted by Crippen LogP contribution is -2.53. The van der Waals surface area contributed by atoms with Crippen molar-refractivity contribution in [2.45, 2.75) is 64.1 Å². The van der Waals surface area contributed by atoms with Crippen molar-refractivity contribution >= 4 is 39.1 Å². The molecule has 0 spiro atoms. The molecular weight excluding hydrogens is 590 g/mol. The molecule has 0 fully saturated rings. The molecule has 232 valence electrons. The molecular formula is C32H40ClN3O6S. The van der Waals surface area contributed by atoms with Gasteiger partial charge in [-0.1, -0.05) is 61.3 Å². The third-order valence-electron chi connectivity index (χ3n) is 7.23. The van der Waals surface area contributed by atoms with E-state index in [1.165, 1.54) is 37.3 Å². The molecule has 2 atom stereocenters. The average Bonchev–Trinajstić information content (AvgIpc) is 3.00. The zero-order chi connectivity index (χ0) is 31.7. The van der Waals surface area contributed by atoms with E-state index in [4.69, 9.17) is 21.1 Å². The summed E-state index contributed by atoms with van der Waals surface area (Å²) in [6.45, 7) is 7.00. The topological polar surface area (TPSA) is 105 Å². The summed E-state index contributed by atoms with van der Waals surface area (Å²) < 4.78 is 40.0. The van der Waals surface area contributed by atoms with Gasteiger partial charge in [-0.25, -0.2) is 8.42 Å². The lowest BCUT2D eigenvalue weighted by Gasteiger charge is -2.34. The minimum absolute atomic E-state index is 0.0169. The van der Waals surface area contributed by atoms with Gasteiger partial charge in [0.1, 0.15) is 12.6 Å². The van der Waals surface area contributed by atoms with Crippen molar-refractivity contribution in [2.24, 2.45) is 0 Å². The number of nitrogens with one attached hydrogen (secondary N) is 1. The van der Waals surface area contributed by atoms with Crippen LogP contribution in [0.25, 0.3) is 0 Å². The highest BCUT2D eigenvalue weighted by atomic mass is 35.5. The second kappa shape index (κ2) is 15.1. The van der Waals surface area contributed by atoms with E-state index in [-0.39, 0.29) is 29.1 Å². The van der Waals surface area contributed by atoms with Gasteiger partial charge < -0.3 is 19.7 Å². The van der Waals surface area contributed by atoms with Gasteiger partial charge in [-0.3, -0.25) is 13.9 Å². The van der Waals surface area contributed by atoms with Crippen LogP contribution in [0.1, 0.15) is 44.7 Å². The van der Waals surface area contributed by atoms with Crippen molar-refractivity contribution in [3.8, 4) is 11.5 Å². The van der Waals surface area contributed by atoms with Crippen LogP contribution in [-0.4, -0.2) is 58.0 Å². The quantitative estimate of drug-likeness (QED) is 0.250. The van der Waals surface area contributed by atoms with Crippen LogP contribution in [0.15, 0.2) is 71.6 Å². The highest BCUT2D eigenvalue weighted by molar-refractivity contribution is 7.92. The summed E-state index contributed by atoms with van der Waals surface area (Å²) in [5.74, 6) is -0.284. The van der Waals surface area contributed by atoms with Crippen LogP contribution in [0.2, 0.25) is 5.02 Å². The third kappa shape index (κ3) is 8.20. The smallest absolute Gasteiger partial charge is 0.264 e. The minimum Gasteiger partial charge on any atom is -0.493 e. The first-order valence-electron chi connectivity index (χ1n) is 14.1. The minimum atomic E-state index is -4.29. The Morgan fingerprint density at radius 3 is 2.16 bits per heavy atom. The van der Waals surface area contributed by atoms with E-state index >= 15 is 0 Å². The zero-order valence-electron chi connectivity index (χ0n) is 25.5. The Morgan fingerprint density at radius 2 is 1.58 bits per heavy atom. The summed E-state index contributed by atoms with van der Waals surface area (Å²) in [5.41, 5.74) is 1.85. The van der Waals surface area contributed by atoms with E-state index in [1.54, 1.807) is 48.5 Å². The monoisotopic (exact) mass is 629 g/mol. The summed E-state index contributed by atoms with van der Waals surface area (Å²) in [4.78, 5) is 29.0. The SMILES string of the molecule is CCC(C)NC(=O)C(CC)N(Cc1ccccc1Cl)C(=O)CN(c1ccc(C)cc1)S(=O)(=O)c1ccc(OC)c(OC)c1. The number of ether oxygens (including phenoxy) is 2. The van der Waals surface area contributed by atoms with Crippen molar-refractivity contribution < 1.29 is 27.5 Å². The Balaban J connectivity index is 2.10. The molecule has 0 saturated carbocycles. The summed E-state index contributed by atoms with van der Waals surface area (Å²) in [6, 6.07) is 17.2.